The minimum absolute atomic E-state index is 0.0859. The molecule has 5 nitrogen and oxygen atoms in total. The molecule has 1 saturated heterocycles. The van der Waals surface area contributed by atoms with E-state index in [1.165, 1.54) is 24.9 Å². The lowest BCUT2D eigenvalue weighted by Crippen LogP contribution is -2.41. The highest BCUT2D eigenvalue weighted by molar-refractivity contribution is 5.94. The Kier molecular flexibility index (Phi) is 5.39. The van der Waals surface area contributed by atoms with Crippen LogP contribution in [0.5, 0.6) is 0 Å². The third-order valence-corrected chi connectivity index (χ3v) is 5.76. The van der Waals surface area contributed by atoms with E-state index in [0.717, 1.165) is 18.8 Å². The fourth-order valence-corrected chi connectivity index (χ4v) is 4.10. The lowest BCUT2D eigenvalue weighted by molar-refractivity contribution is 0.0228. The summed E-state index contributed by atoms with van der Waals surface area (Å²) in [5.74, 6) is 0.142. The topological polar surface area (TPSA) is 65.5 Å². The van der Waals surface area contributed by atoms with Crippen LogP contribution in [0.4, 0.5) is 5.69 Å². The van der Waals surface area contributed by atoms with Crippen LogP contribution in [0.3, 0.4) is 0 Å². The van der Waals surface area contributed by atoms with Crippen LogP contribution in [0.1, 0.15) is 54.2 Å². The molecule has 0 spiro atoms. The summed E-state index contributed by atoms with van der Waals surface area (Å²) in [4.78, 5) is 19.6. The Labute approximate surface area is 160 Å². The van der Waals surface area contributed by atoms with Gasteiger partial charge in [0.25, 0.3) is 5.91 Å². The minimum Gasteiger partial charge on any atom is -0.393 e. The second-order valence-corrected chi connectivity index (χ2v) is 7.69. The van der Waals surface area contributed by atoms with Gasteiger partial charge in [-0.1, -0.05) is 6.07 Å². The minimum atomic E-state index is -0.262. The molecule has 1 aromatic carbocycles. The number of carbonyl (C=O) groups excluding carboxylic acids is 1. The van der Waals surface area contributed by atoms with Crippen molar-refractivity contribution in [2.45, 2.75) is 44.2 Å². The number of aliphatic hydroxyl groups excluding tert-OH is 1. The fraction of sp³-hybridized carbons (Fsp3) is 0.455. The summed E-state index contributed by atoms with van der Waals surface area (Å²) < 4.78 is 0. The first-order chi connectivity index (χ1) is 13.2. The van der Waals surface area contributed by atoms with E-state index in [1.54, 1.807) is 6.20 Å². The summed E-state index contributed by atoms with van der Waals surface area (Å²) in [5.41, 5.74) is 2.71. The van der Waals surface area contributed by atoms with Crippen LogP contribution in [0.25, 0.3) is 0 Å². The Morgan fingerprint density at radius 3 is 2.44 bits per heavy atom. The molecule has 1 amide bonds. The van der Waals surface area contributed by atoms with E-state index < -0.39 is 0 Å². The fourth-order valence-electron chi connectivity index (χ4n) is 4.10. The van der Waals surface area contributed by atoms with Gasteiger partial charge < -0.3 is 15.3 Å². The maximum atomic E-state index is 12.8. The number of nitrogens with one attached hydrogen (secondary N) is 1. The molecule has 0 unspecified atom stereocenters. The predicted molar refractivity (Wildman–Crippen MR) is 106 cm³/mol. The largest absolute Gasteiger partial charge is 0.393 e. The van der Waals surface area contributed by atoms with Crippen LogP contribution in [0.15, 0.2) is 48.7 Å². The number of anilines is 1. The lowest BCUT2D eigenvalue weighted by atomic mass is 9.76. The monoisotopic (exact) mass is 365 g/mol. The number of rotatable bonds is 5. The van der Waals surface area contributed by atoms with Crippen molar-refractivity contribution in [2.24, 2.45) is 5.92 Å². The molecule has 2 aliphatic rings. The molecule has 0 bridgehead atoms. The number of pyridine rings is 1. The van der Waals surface area contributed by atoms with Crippen LogP contribution >= 0.6 is 0 Å². The quantitative estimate of drug-likeness (QED) is 0.853. The SMILES string of the molecule is O=C(N[C@@H](c1ccccn1)C1CC(O)C1)c1ccc(N2CCCCC2)cc1. The average molecular weight is 365 g/mol. The Morgan fingerprint density at radius 2 is 1.81 bits per heavy atom. The molecule has 1 aromatic heterocycles. The van der Waals surface area contributed by atoms with Gasteiger partial charge in [-0.15, -0.1) is 0 Å². The number of amides is 1. The van der Waals surface area contributed by atoms with Gasteiger partial charge in [0.2, 0.25) is 0 Å². The standard InChI is InChI=1S/C22H27N3O2/c26-19-14-17(15-19)21(20-6-2-3-11-23-20)24-22(27)16-7-9-18(10-8-16)25-12-4-1-5-13-25/h2-3,6-11,17,19,21,26H,1,4-5,12-15H2,(H,24,27)/t17?,19?,21-/m1/s1. The summed E-state index contributed by atoms with van der Waals surface area (Å²) >= 11 is 0. The third-order valence-electron chi connectivity index (χ3n) is 5.76. The molecule has 0 radical (unpaired) electrons. The molecule has 4 rings (SSSR count). The normalized spacial score (nSPS) is 23.4. The highest BCUT2D eigenvalue weighted by Gasteiger charge is 2.36. The van der Waals surface area contributed by atoms with E-state index in [-0.39, 0.29) is 24.0 Å². The number of piperidine rings is 1. The number of hydrogen-bond acceptors (Lipinski definition) is 4. The molecule has 1 aliphatic heterocycles. The van der Waals surface area contributed by atoms with Crippen molar-refractivity contribution < 1.29 is 9.90 Å². The number of hydrogen-bond donors (Lipinski definition) is 2. The van der Waals surface area contributed by atoms with E-state index in [1.807, 2.05) is 42.5 Å². The maximum Gasteiger partial charge on any atom is 0.251 e. The van der Waals surface area contributed by atoms with Crippen LogP contribution in [0, 0.1) is 5.92 Å². The first-order valence-corrected chi connectivity index (χ1v) is 9.95. The van der Waals surface area contributed by atoms with Gasteiger partial charge >= 0.3 is 0 Å². The van der Waals surface area contributed by atoms with Gasteiger partial charge in [0.05, 0.1) is 17.8 Å². The lowest BCUT2D eigenvalue weighted by Gasteiger charge is -2.37. The number of benzene rings is 1. The zero-order valence-electron chi connectivity index (χ0n) is 15.6. The second-order valence-electron chi connectivity index (χ2n) is 7.69. The van der Waals surface area contributed by atoms with Gasteiger partial charge in [0, 0.05) is 30.5 Å². The van der Waals surface area contributed by atoms with Crippen molar-refractivity contribution in [2.75, 3.05) is 18.0 Å². The summed E-state index contributed by atoms with van der Waals surface area (Å²) in [6.07, 6.45) is 6.67. The second kappa shape index (κ2) is 8.09. The molecular weight excluding hydrogens is 338 g/mol. The van der Waals surface area contributed by atoms with E-state index in [2.05, 4.69) is 15.2 Å². The summed E-state index contributed by atoms with van der Waals surface area (Å²) in [7, 11) is 0. The van der Waals surface area contributed by atoms with Gasteiger partial charge in [0.1, 0.15) is 0 Å². The van der Waals surface area contributed by atoms with Crippen molar-refractivity contribution in [1.29, 1.82) is 0 Å². The van der Waals surface area contributed by atoms with Gasteiger partial charge in [-0.05, 0) is 74.4 Å². The zero-order valence-corrected chi connectivity index (χ0v) is 15.6. The van der Waals surface area contributed by atoms with E-state index in [4.69, 9.17) is 0 Å². The zero-order chi connectivity index (χ0) is 18.6. The van der Waals surface area contributed by atoms with Crippen LogP contribution < -0.4 is 10.2 Å². The predicted octanol–water partition coefficient (Wildman–Crippen LogP) is 3.31. The molecule has 5 heteroatoms. The van der Waals surface area contributed by atoms with Crippen LogP contribution in [0.2, 0.25) is 0 Å². The molecule has 142 valence electrons. The van der Waals surface area contributed by atoms with Crippen molar-refractivity contribution in [3.8, 4) is 0 Å². The van der Waals surface area contributed by atoms with Crippen molar-refractivity contribution in [1.82, 2.24) is 10.3 Å². The van der Waals surface area contributed by atoms with Gasteiger partial charge in [-0.3, -0.25) is 9.78 Å². The Morgan fingerprint density at radius 1 is 1.07 bits per heavy atom. The van der Waals surface area contributed by atoms with Crippen molar-refractivity contribution in [3.63, 3.8) is 0 Å². The third kappa shape index (κ3) is 4.14. The average Bonchev–Trinajstić information content (AvgIpc) is 2.71. The van der Waals surface area contributed by atoms with Crippen LogP contribution in [-0.2, 0) is 0 Å². The number of nitrogens with zero attached hydrogens (tertiary/aromatic N) is 2. The molecular formula is C22H27N3O2. The number of aromatic nitrogens is 1. The molecule has 2 aromatic rings. The first-order valence-electron chi connectivity index (χ1n) is 9.95. The number of carbonyl (C=O) groups is 1. The molecule has 2 N–H and O–H groups in total. The molecule has 1 aliphatic carbocycles. The first kappa shape index (κ1) is 18.0. The maximum absolute atomic E-state index is 12.8. The van der Waals surface area contributed by atoms with Crippen molar-refractivity contribution in [3.05, 3.63) is 59.9 Å². The Bertz CT molecular complexity index is 751. The van der Waals surface area contributed by atoms with Gasteiger partial charge in [0.15, 0.2) is 0 Å². The highest BCUT2D eigenvalue weighted by atomic mass is 16.3. The van der Waals surface area contributed by atoms with E-state index in [0.29, 0.717) is 18.4 Å². The van der Waals surface area contributed by atoms with Crippen molar-refractivity contribution >= 4 is 11.6 Å². The molecule has 2 heterocycles. The molecule has 1 saturated carbocycles. The molecule has 1 atom stereocenters. The molecule has 27 heavy (non-hydrogen) atoms. The van der Waals surface area contributed by atoms with Crippen LogP contribution in [-0.4, -0.2) is 35.2 Å². The summed E-state index contributed by atoms with van der Waals surface area (Å²) in [6, 6.07) is 13.5. The van der Waals surface area contributed by atoms with Gasteiger partial charge in [-0.25, -0.2) is 0 Å². The Balaban J connectivity index is 1.46. The molecule has 2 fully saturated rings. The summed E-state index contributed by atoms with van der Waals surface area (Å²) in [6.45, 7) is 2.19. The van der Waals surface area contributed by atoms with E-state index >= 15 is 0 Å². The van der Waals surface area contributed by atoms with E-state index in [9.17, 15) is 9.90 Å². The smallest absolute Gasteiger partial charge is 0.251 e. The summed E-state index contributed by atoms with van der Waals surface area (Å²) in [5, 5.41) is 12.8. The number of aliphatic hydroxyl groups is 1. The Hall–Kier alpha value is -2.40. The van der Waals surface area contributed by atoms with Gasteiger partial charge in [-0.2, -0.15) is 0 Å². The highest BCUT2D eigenvalue weighted by Crippen LogP contribution is 2.37.